The average Bonchev–Trinajstić information content (AvgIpc) is 2.29. The number of hydrogen-bond donors (Lipinski definition) is 1. The van der Waals surface area contributed by atoms with Gasteiger partial charge in [0.15, 0.2) is 0 Å². The van der Waals surface area contributed by atoms with Crippen molar-refractivity contribution in [2.45, 2.75) is 19.4 Å². The van der Waals surface area contributed by atoms with Crippen molar-refractivity contribution in [2.75, 3.05) is 13.7 Å². The molecule has 0 saturated heterocycles. The van der Waals surface area contributed by atoms with Gasteiger partial charge < -0.3 is 10.1 Å². The first-order valence-corrected chi connectivity index (χ1v) is 5.18. The zero-order valence-corrected chi connectivity index (χ0v) is 8.88. The van der Waals surface area contributed by atoms with Crippen molar-refractivity contribution >= 4 is 5.97 Å². The van der Waals surface area contributed by atoms with Crippen LogP contribution in [0.3, 0.4) is 0 Å². The van der Waals surface area contributed by atoms with E-state index in [0.29, 0.717) is 6.42 Å². The van der Waals surface area contributed by atoms with Crippen molar-refractivity contribution in [3.63, 3.8) is 0 Å². The molecule has 0 aromatic heterocycles. The first-order valence-electron chi connectivity index (χ1n) is 5.18. The number of carbonyl (C=O) groups is 1. The fraction of sp³-hybridized carbons (Fsp3) is 0.417. The van der Waals surface area contributed by atoms with E-state index in [0.717, 1.165) is 25.1 Å². The quantitative estimate of drug-likeness (QED) is 0.733. The number of methoxy groups -OCH3 is 1. The molecule has 3 heteroatoms. The first-order chi connectivity index (χ1) is 7.29. The highest BCUT2D eigenvalue weighted by Gasteiger charge is 2.10. The van der Waals surface area contributed by atoms with E-state index in [1.807, 2.05) is 6.07 Å². The van der Waals surface area contributed by atoms with Gasteiger partial charge in [-0.1, -0.05) is 18.2 Å². The van der Waals surface area contributed by atoms with Crippen molar-refractivity contribution in [1.82, 2.24) is 5.32 Å². The summed E-state index contributed by atoms with van der Waals surface area (Å²) in [7, 11) is 1.42. The van der Waals surface area contributed by atoms with Crippen LogP contribution in [-0.2, 0) is 28.9 Å². The minimum Gasteiger partial charge on any atom is -0.469 e. The van der Waals surface area contributed by atoms with Gasteiger partial charge in [-0.05, 0) is 29.7 Å². The smallest absolute Gasteiger partial charge is 0.309 e. The summed E-state index contributed by atoms with van der Waals surface area (Å²) in [6.45, 7) is 1.95. The summed E-state index contributed by atoms with van der Waals surface area (Å²) in [5.74, 6) is -0.182. The molecular formula is C12H15NO2. The van der Waals surface area contributed by atoms with Gasteiger partial charge in [-0.15, -0.1) is 0 Å². The SMILES string of the molecule is COC(=O)Cc1ccc2c(c1)CNCC2. The molecule has 1 aliphatic rings. The van der Waals surface area contributed by atoms with Gasteiger partial charge in [-0.3, -0.25) is 4.79 Å². The van der Waals surface area contributed by atoms with Gasteiger partial charge >= 0.3 is 5.97 Å². The summed E-state index contributed by atoms with van der Waals surface area (Å²) in [4.78, 5) is 11.1. The molecule has 0 fully saturated rings. The Morgan fingerprint density at radius 2 is 2.33 bits per heavy atom. The van der Waals surface area contributed by atoms with Crippen LogP contribution < -0.4 is 5.32 Å². The predicted octanol–water partition coefficient (Wildman–Crippen LogP) is 1.05. The van der Waals surface area contributed by atoms with Crippen LogP contribution in [0, 0.1) is 0 Å². The summed E-state index contributed by atoms with van der Waals surface area (Å²) < 4.78 is 4.64. The van der Waals surface area contributed by atoms with Gasteiger partial charge in [-0.25, -0.2) is 0 Å². The highest BCUT2D eigenvalue weighted by atomic mass is 16.5. The third-order valence-electron chi connectivity index (χ3n) is 2.73. The Hall–Kier alpha value is -1.35. The van der Waals surface area contributed by atoms with E-state index in [4.69, 9.17) is 0 Å². The molecule has 1 aliphatic heterocycles. The minimum atomic E-state index is -0.182. The van der Waals surface area contributed by atoms with Crippen molar-refractivity contribution in [1.29, 1.82) is 0 Å². The lowest BCUT2D eigenvalue weighted by atomic mass is 9.97. The lowest BCUT2D eigenvalue weighted by molar-refractivity contribution is -0.139. The number of fused-ring (bicyclic) bond motifs is 1. The molecule has 0 radical (unpaired) electrons. The normalized spacial score (nSPS) is 14.5. The fourth-order valence-corrected chi connectivity index (χ4v) is 1.88. The molecule has 2 rings (SSSR count). The highest BCUT2D eigenvalue weighted by Crippen LogP contribution is 2.16. The second kappa shape index (κ2) is 4.45. The average molecular weight is 205 g/mol. The van der Waals surface area contributed by atoms with Crippen molar-refractivity contribution in [3.8, 4) is 0 Å². The molecule has 1 N–H and O–H groups in total. The molecule has 0 aliphatic carbocycles. The maximum Gasteiger partial charge on any atom is 0.309 e. The van der Waals surface area contributed by atoms with Gasteiger partial charge in [0.25, 0.3) is 0 Å². The lowest BCUT2D eigenvalue weighted by Crippen LogP contribution is -2.23. The fourth-order valence-electron chi connectivity index (χ4n) is 1.88. The van der Waals surface area contributed by atoms with E-state index in [9.17, 15) is 4.79 Å². The molecule has 0 bridgehead atoms. The summed E-state index contributed by atoms with van der Waals surface area (Å²) in [5, 5.41) is 3.32. The molecule has 0 amide bonds. The second-order valence-corrected chi connectivity index (χ2v) is 3.78. The lowest BCUT2D eigenvalue weighted by Gasteiger charge is -2.17. The van der Waals surface area contributed by atoms with Crippen LogP contribution in [0.1, 0.15) is 16.7 Å². The molecule has 0 unspecified atom stereocenters. The van der Waals surface area contributed by atoms with E-state index >= 15 is 0 Å². The molecule has 0 saturated carbocycles. The maximum absolute atomic E-state index is 11.1. The van der Waals surface area contributed by atoms with Crippen LogP contribution in [0.15, 0.2) is 18.2 Å². The van der Waals surface area contributed by atoms with Gasteiger partial charge in [0.05, 0.1) is 13.5 Å². The third-order valence-corrected chi connectivity index (χ3v) is 2.73. The van der Waals surface area contributed by atoms with Gasteiger partial charge in [0.1, 0.15) is 0 Å². The molecule has 0 spiro atoms. The topological polar surface area (TPSA) is 38.3 Å². The maximum atomic E-state index is 11.1. The minimum absolute atomic E-state index is 0.182. The number of benzene rings is 1. The number of esters is 1. The summed E-state index contributed by atoms with van der Waals surface area (Å²) in [6.07, 6.45) is 1.44. The highest BCUT2D eigenvalue weighted by molar-refractivity contribution is 5.72. The van der Waals surface area contributed by atoms with Crippen molar-refractivity contribution in [3.05, 3.63) is 34.9 Å². The zero-order valence-electron chi connectivity index (χ0n) is 8.88. The van der Waals surface area contributed by atoms with E-state index in [-0.39, 0.29) is 5.97 Å². The summed E-state index contributed by atoms with van der Waals surface area (Å²) in [5.41, 5.74) is 3.73. The Balaban J connectivity index is 2.17. The van der Waals surface area contributed by atoms with Gasteiger partial charge in [-0.2, -0.15) is 0 Å². The number of hydrogen-bond acceptors (Lipinski definition) is 3. The second-order valence-electron chi connectivity index (χ2n) is 3.78. The van der Waals surface area contributed by atoms with Crippen LogP contribution in [-0.4, -0.2) is 19.6 Å². The molecule has 1 heterocycles. The molecular weight excluding hydrogens is 190 g/mol. The number of rotatable bonds is 2. The molecule has 1 aromatic rings. The Kier molecular flexibility index (Phi) is 3.02. The van der Waals surface area contributed by atoms with E-state index in [1.165, 1.54) is 18.2 Å². The Morgan fingerprint density at radius 3 is 3.13 bits per heavy atom. The molecule has 15 heavy (non-hydrogen) atoms. The van der Waals surface area contributed by atoms with Gasteiger partial charge in [0, 0.05) is 6.54 Å². The molecule has 80 valence electrons. The van der Waals surface area contributed by atoms with Crippen LogP contribution in [0.4, 0.5) is 0 Å². The number of nitrogens with one attached hydrogen (secondary N) is 1. The largest absolute Gasteiger partial charge is 0.469 e. The summed E-state index contributed by atoms with van der Waals surface area (Å²) in [6, 6.07) is 6.23. The van der Waals surface area contributed by atoms with Gasteiger partial charge in [0.2, 0.25) is 0 Å². The van der Waals surface area contributed by atoms with Crippen LogP contribution in [0.25, 0.3) is 0 Å². The van der Waals surface area contributed by atoms with E-state index < -0.39 is 0 Å². The first kappa shape index (κ1) is 10.2. The van der Waals surface area contributed by atoms with Crippen LogP contribution in [0.5, 0.6) is 0 Å². The summed E-state index contributed by atoms with van der Waals surface area (Å²) >= 11 is 0. The Bertz CT molecular complexity index is 374. The van der Waals surface area contributed by atoms with Crippen LogP contribution in [0.2, 0.25) is 0 Å². The van der Waals surface area contributed by atoms with Crippen LogP contribution >= 0.6 is 0 Å². The Labute approximate surface area is 89.4 Å². The standard InChI is InChI=1S/C12H15NO2/c1-15-12(14)7-9-2-3-10-4-5-13-8-11(10)6-9/h2-3,6,13H,4-5,7-8H2,1H3. The number of carbonyl (C=O) groups excluding carboxylic acids is 1. The van der Waals surface area contributed by atoms with E-state index in [1.54, 1.807) is 0 Å². The van der Waals surface area contributed by atoms with Crippen molar-refractivity contribution in [2.24, 2.45) is 0 Å². The molecule has 1 aromatic carbocycles. The zero-order chi connectivity index (χ0) is 10.7. The molecule has 0 atom stereocenters. The monoisotopic (exact) mass is 205 g/mol. The number of ether oxygens (including phenoxy) is 1. The Morgan fingerprint density at radius 1 is 1.47 bits per heavy atom. The van der Waals surface area contributed by atoms with E-state index in [2.05, 4.69) is 22.2 Å². The third kappa shape index (κ3) is 2.36. The predicted molar refractivity (Wildman–Crippen MR) is 57.6 cm³/mol. The molecule has 3 nitrogen and oxygen atoms in total. The van der Waals surface area contributed by atoms with Crippen molar-refractivity contribution < 1.29 is 9.53 Å².